The van der Waals surface area contributed by atoms with Gasteiger partial charge in [-0.25, -0.2) is 8.78 Å². The number of carbonyl (C=O) groups is 3. The standard InChI is InChI=1S/C22H22ClF5N4O4S/c1-31(10-18(24)25)15(9-29-21(35)16-4-5-17(23)37-16)20(34)30-12-2-3-14(13(8-12)22(26,27)28)32-6-7-36-11-19(32)33/h2-5,8,15,18H,6-7,9-11H2,1H3,(H,29,35)(H,30,34)/t15-/m1/s1. The number of anilines is 2. The van der Waals surface area contributed by atoms with Crippen molar-refractivity contribution in [3.8, 4) is 0 Å². The molecular weight excluding hydrogens is 547 g/mol. The van der Waals surface area contributed by atoms with Gasteiger partial charge in [-0.05, 0) is 37.4 Å². The lowest BCUT2D eigenvalue weighted by Crippen LogP contribution is -2.50. The van der Waals surface area contributed by atoms with Crippen LogP contribution in [0.25, 0.3) is 0 Å². The maximum absolute atomic E-state index is 13.8. The SMILES string of the molecule is CN(CC(F)F)[C@H](CNC(=O)c1ccc(Cl)s1)C(=O)Nc1ccc(N2CCOCC2=O)c(C(F)(F)F)c1. The van der Waals surface area contributed by atoms with E-state index in [9.17, 15) is 36.3 Å². The molecule has 8 nitrogen and oxygen atoms in total. The molecule has 1 fully saturated rings. The van der Waals surface area contributed by atoms with Gasteiger partial charge in [-0.2, -0.15) is 13.2 Å². The number of thiophene rings is 1. The molecule has 37 heavy (non-hydrogen) atoms. The van der Waals surface area contributed by atoms with Crippen molar-refractivity contribution < 1.29 is 41.1 Å². The lowest BCUT2D eigenvalue weighted by Gasteiger charge is -2.30. The van der Waals surface area contributed by atoms with Crippen LogP contribution in [0.4, 0.5) is 33.3 Å². The molecule has 1 aromatic carbocycles. The highest BCUT2D eigenvalue weighted by atomic mass is 35.5. The monoisotopic (exact) mass is 568 g/mol. The molecule has 3 amide bonds. The van der Waals surface area contributed by atoms with E-state index in [0.717, 1.165) is 27.2 Å². The van der Waals surface area contributed by atoms with Gasteiger partial charge in [0.2, 0.25) is 5.91 Å². The third-order valence-electron chi connectivity index (χ3n) is 5.36. The highest BCUT2D eigenvalue weighted by Crippen LogP contribution is 2.38. The second-order valence-electron chi connectivity index (χ2n) is 7.98. The maximum Gasteiger partial charge on any atom is 0.418 e. The summed E-state index contributed by atoms with van der Waals surface area (Å²) in [6, 6.07) is 4.46. The number of hydrogen-bond donors (Lipinski definition) is 2. The summed E-state index contributed by atoms with van der Waals surface area (Å²) >= 11 is 6.78. The minimum absolute atomic E-state index is 0.0586. The van der Waals surface area contributed by atoms with Crippen LogP contribution in [0.5, 0.6) is 0 Å². The summed E-state index contributed by atoms with van der Waals surface area (Å²) in [6.07, 6.45) is -7.68. The van der Waals surface area contributed by atoms with Crippen molar-refractivity contribution >= 4 is 52.0 Å². The molecule has 0 spiro atoms. The summed E-state index contributed by atoms with van der Waals surface area (Å²) in [5.74, 6) is -2.17. The maximum atomic E-state index is 13.8. The second-order valence-corrected chi connectivity index (χ2v) is 9.69. The van der Waals surface area contributed by atoms with Gasteiger partial charge in [0.15, 0.2) is 0 Å². The number of nitrogens with one attached hydrogen (secondary N) is 2. The summed E-state index contributed by atoms with van der Waals surface area (Å²) in [7, 11) is 1.22. The number of halogens is 6. The van der Waals surface area contributed by atoms with E-state index in [0.29, 0.717) is 10.4 Å². The Morgan fingerprint density at radius 1 is 1.24 bits per heavy atom. The molecule has 1 atom stereocenters. The molecule has 0 aliphatic carbocycles. The molecule has 2 heterocycles. The van der Waals surface area contributed by atoms with E-state index in [-0.39, 0.29) is 30.3 Å². The molecule has 0 saturated carbocycles. The van der Waals surface area contributed by atoms with Crippen molar-refractivity contribution in [1.82, 2.24) is 10.2 Å². The van der Waals surface area contributed by atoms with E-state index >= 15 is 0 Å². The predicted octanol–water partition coefficient (Wildman–Crippen LogP) is 3.72. The summed E-state index contributed by atoms with van der Waals surface area (Å²) < 4.78 is 72.8. The van der Waals surface area contributed by atoms with Gasteiger partial charge in [-0.15, -0.1) is 11.3 Å². The third kappa shape index (κ3) is 7.60. The molecule has 3 rings (SSSR count). The minimum Gasteiger partial charge on any atom is -0.370 e. The number of nitrogens with zero attached hydrogens (tertiary/aromatic N) is 2. The molecule has 2 N–H and O–H groups in total. The molecule has 1 aliphatic heterocycles. The molecule has 15 heteroatoms. The van der Waals surface area contributed by atoms with E-state index in [1.165, 1.54) is 25.2 Å². The first-order valence-electron chi connectivity index (χ1n) is 10.8. The summed E-state index contributed by atoms with van der Waals surface area (Å²) in [4.78, 5) is 39.5. The normalized spacial score (nSPS) is 15.3. The van der Waals surface area contributed by atoms with Crippen LogP contribution < -0.4 is 15.5 Å². The largest absolute Gasteiger partial charge is 0.418 e. The summed E-state index contributed by atoms with van der Waals surface area (Å²) in [5.41, 5.74) is -1.83. The number of morpholine rings is 1. The molecule has 2 aromatic rings. The molecule has 0 unspecified atom stereocenters. The molecule has 0 bridgehead atoms. The number of ether oxygens (including phenoxy) is 1. The first-order chi connectivity index (χ1) is 17.4. The van der Waals surface area contributed by atoms with Crippen molar-refractivity contribution in [2.45, 2.75) is 18.6 Å². The first kappa shape index (κ1) is 28.8. The highest BCUT2D eigenvalue weighted by Gasteiger charge is 2.37. The van der Waals surface area contributed by atoms with Crippen LogP contribution in [0.15, 0.2) is 30.3 Å². The van der Waals surface area contributed by atoms with Gasteiger partial charge in [0.25, 0.3) is 18.2 Å². The van der Waals surface area contributed by atoms with Crippen LogP contribution in [0.1, 0.15) is 15.2 Å². The van der Waals surface area contributed by atoms with Gasteiger partial charge >= 0.3 is 6.18 Å². The van der Waals surface area contributed by atoms with E-state index < -0.39 is 60.7 Å². The first-order valence-corrected chi connectivity index (χ1v) is 12.0. The molecule has 1 aromatic heterocycles. The number of likely N-dealkylation sites (N-methyl/N-ethyl adjacent to an activating group) is 1. The number of amides is 3. The third-order valence-corrected chi connectivity index (χ3v) is 6.59. The topological polar surface area (TPSA) is 91.0 Å². The fourth-order valence-electron chi connectivity index (χ4n) is 3.58. The Balaban J connectivity index is 1.81. The number of alkyl halides is 5. The van der Waals surface area contributed by atoms with Crippen LogP contribution in [0.2, 0.25) is 4.34 Å². The van der Waals surface area contributed by atoms with Crippen molar-refractivity contribution in [2.24, 2.45) is 0 Å². The zero-order valence-electron chi connectivity index (χ0n) is 19.3. The van der Waals surface area contributed by atoms with Crippen LogP contribution in [-0.2, 0) is 20.5 Å². The van der Waals surface area contributed by atoms with E-state index in [4.69, 9.17) is 16.3 Å². The van der Waals surface area contributed by atoms with Gasteiger partial charge in [-0.1, -0.05) is 11.6 Å². The Morgan fingerprint density at radius 3 is 2.57 bits per heavy atom. The summed E-state index contributed by atoms with van der Waals surface area (Å²) in [6.45, 7) is -1.62. The van der Waals surface area contributed by atoms with Gasteiger partial charge in [-0.3, -0.25) is 19.3 Å². The Hall–Kier alpha value is -2.81. The Kier molecular flexibility index (Phi) is 9.45. The average molecular weight is 569 g/mol. The van der Waals surface area contributed by atoms with Crippen LogP contribution in [0, 0.1) is 0 Å². The molecule has 0 radical (unpaired) electrons. The second kappa shape index (κ2) is 12.2. The van der Waals surface area contributed by atoms with Gasteiger partial charge in [0.05, 0.1) is 33.6 Å². The van der Waals surface area contributed by atoms with Crippen molar-refractivity contribution in [2.75, 3.05) is 50.1 Å². The van der Waals surface area contributed by atoms with Crippen molar-refractivity contribution in [3.05, 3.63) is 45.1 Å². The van der Waals surface area contributed by atoms with Crippen molar-refractivity contribution in [1.29, 1.82) is 0 Å². The zero-order valence-corrected chi connectivity index (χ0v) is 20.9. The van der Waals surface area contributed by atoms with Crippen LogP contribution >= 0.6 is 22.9 Å². The van der Waals surface area contributed by atoms with Gasteiger partial charge in [0, 0.05) is 18.8 Å². The molecular formula is C22H22ClF5N4O4S. The number of carbonyl (C=O) groups excluding carboxylic acids is 3. The fraction of sp³-hybridized carbons (Fsp3) is 0.409. The predicted molar refractivity (Wildman–Crippen MR) is 127 cm³/mol. The van der Waals surface area contributed by atoms with Gasteiger partial charge in [0.1, 0.15) is 12.6 Å². The number of rotatable bonds is 9. The van der Waals surface area contributed by atoms with E-state index in [1.54, 1.807) is 0 Å². The molecule has 1 saturated heterocycles. The lowest BCUT2D eigenvalue weighted by molar-refractivity contribution is -0.137. The highest BCUT2D eigenvalue weighted by molar-refractivity contribution is 7.18. The zero-order chi connectivity index (χ0) is 27.3. The Morgan fingerprint density at radius 2 is 1.97 bits per heavy atom. The van der Waals surface area contributed by atoms with Crippen LogP contribution in [-0.4, -0.2) is 75.0 Å². The van der Waals surface area contributed by atoms with Crippen molar-refractivity contribution in [3.63, 3.8) is 0 Å². The summed E-state index contributed by atoms with van der Waals surface area (Å²) in [5, 5.41) is 4.75. The quantitative estimate of drug-likeness (QED) is 0.450. The number of benzene rings is 1. The van der Waals surface area contributed by atoms with E-state index in [2.05, 4.69) is 10.6 Å². The van der Waals surface area contributed by atoms with Gasteiger partial charge < -0.3 is 20.3 Å². The Labute approximate surface area is 217 Å². The molecule has 1 aliphatic rings. The molecule has 202 valence electrons. The smallest absolute Gasteiger partial charge is 0.370 e. The van der Waals surface area contributed by atoms with E-state index in [1.807, 2.05) is 0 Å². The fourth-order valence-corrected chi connectivity index (χ4v) is 4.54. The minimum atomic E-state index is -4.86. The lowest BCUT2D eigenvalue weighted by atomic mass is 10.1. The number of hydrogen-bond acceptors (Lipinski definition) is 6. The Bertz CT molecular complexity index is 1150. The van der Waals surface area contributed by atoms with Crippen LogP contribution in [0.3, 0.4) is 0 Å². The average Bonchev–Trinajstić information content (AvgIpc) is 3.25.